The lowest BCUT2D eigenvalue weighted by atomic mass is 10.00. The van der Waals surface area contributed by atoms with Gasteiger partial charge in [-0.2, -0.15) is 0 Å². The first-order chi connectivity index (χ1) is 16.1. The van der Waals surface area contributed by atoms with E-state index >= 15 is 0 Å². The molecule has 1 aliphatic rings. The van der Waals surface area contributed by atoms with Crippen LogP contribution >= 0.6 is 0 Å². The third-order valence-electron chi connectivity index (χ3n) is 5.31. The fraction of sp³-hybridized carbons (Fsp3) is 0.0385. The fourth-order valence-electron chi connectivity index (χ4n) is 3.82. The summed E-state index contributed by atoms with van der Waals surface area (Å²) in [4.78, 5) is 31.5. The second kappa shape index (κ2) is 8.47. The van der Waals surface area contributed by atoms with Crippen LogP contribution in [0, 0.1) is 0 Å². The van der Waals surface area contributed by atoms with Crippen molar-refractivity contribution in [2.24, 2.45) is 0 Å². The number of amides is 2. The summed E-state index contributed by atoms with van der Waals surface area (Å²) in [5, 5.41) is 9.04. The minimum absolute atomic E-state index is 0.138. The fourth-order valence-corrected chi connectivity index (χ4v) is 3.82. The van der Waals surface area contributed by atoms with Gasteiger partial charge >= 0.3 is 0 Å². The number of nitrogens with zero attached hydrogens (tertiary/aromatic N) is 1. The smallest absolute Gasteiger partial charge is 0.258 e. The number of anilines is 3. The van der Waals surface area contributed by atoms with Gasteiger partial charge in [-0.3, -0.25) is 14.9 Å². The number of para-hydroxylation sites is 1. The van der Waals surface area contributed by atoms with Gasteiger partial charge in [0.25, 0.3) is 5.91 Å². The molecule has 2 heterocycles. The van der Waals surface area contributed by atoms with E-state index < -0.39 is 0 Å². The molecule has 7 nitrogen and oxygen atoms in total. The first kappa shape index (κ1) is 20.3. The molecule has 0 atom stereocenters. The van der Waals surface area contributed by atoms with Gasteiger partial charge < -0.3 is 15.6 Å². The molecule has 4 aromatic rings. The molecule has 2 amide bonds. The summed E-state index contributed by atoms with van der Waals surface area (Å²) in [6.07, 6.45) is 1.74. The summed E-state index contributed by atoms with van der Waals surface area (Å²) in [6.45, 7) is 1.44. The molecule has 0 aliphatic carbocycles. The zero-order valence-electron chi connectivity index (χ0n) is 17.8. The number of imidazole rings is 1. The molecule has 0 bridgehead atoms. The quantitative estimate of drug-likeness (QED) is 0.333. The number of H-pyrrole nitrogens is 1. The molecule has 0 radical (unpaired) electrons. The summed E-state index contributed by atoms with van der Waals surface area (Å²) >= 11 is 0. The molecule has 4 N–H and O–H groups in total. The molecule has 33 heavy (non-hydrogen) atoms. The minimum atomic E-state index is -0.186. The number of aromatic amines is 1. The van der Waals surface area contributed by atoms with Crippen molar-refractivity contribution in [2.45, 2.75) is 6.92 Å². The van der Waals surface area contributed by atoms with Gasteiger partial charge in [-0.15, -0.1) is 0 Å². The predicted molar refractivity (Wildman–Crippen MR) is 130 cm³/mol. The lowest BCUT2D eigenvalue weighted by Crippen LogP contribution is -2.10. The van der Waals surface area contributed by atoms with Crippen molar-refractivity contribution in [2.75, 3.05) is 16.0 Å². The lowest BCUT2D eigenvalue weighted by molar-refractivity contribution is -0.114. The molecule has 1 aromatic heterocycles. The number of hydrogen-bond donors (Lipinski definition) is 4. The van der Waals surface area contributed by atoms with E-state index in [1.807, 2.05) is 78.9 Å². The van der Waals surface area contributed by atoms with Crippen LogP contribution in [0.5, 0.6) is 0 Å². The summed E-state index contributed by atoms with van der Waals surface area (Å²) < 4.78 is 0. The molecular weight excluding hydrogens is 414 g/mol. The Labute approximate surface area is 190 Å². The van der Waals surface area contributed by atoms with Crippen LogP contribution in [0.3, 0.4) is 0 Å². The van der Waals surface area contributed by atoms with Crippen LogP contribution in [-0.4, -0.2) is 21.8 Å². The highest BCUT2D eigenvalue weighted by molar-refractivity contribution is 6.37. The minimum Gasteiger partial charge on any atom is -0.354 e. The van der Waals surface area contributed by atoms with Gasteiger partial charge in [-0.1, -0.05) is 60.7 Å². The largest absolute Gasteiger partial charge is 0.354 e. The number of nitrogens with one attached hydrogen (secondary N) is 4. The number of benzene rings is 3. The van der Waals surface area contributed by atoms with E-state index in [2.05, 4.69) is 25.9 Å². The summed E-state index contributed by atoms with van der Waals surface area (Å²) in [5.74, 6) is 0.0809. The Morgan fingerprint density at radius 2 is 1.61 bits per heavy atom. The molecule has 162 valence electrons. The first-order valence-corrected chi connectivity index (χ1v) is 10.5. The first-order valence-electron chi connectivity index (χ1n) is 10.5. The highest BCUT2D eigenvalue weighted by Crippen LogP contribution is 2.37. The molecular formula is C26H21N5O2. The van der Waals surface area contributed by atoms with Crippen molar-refractivity contribution >= 4 is 40.4 Å². The average molecular weight is 435 g/mol. The normalized spacial score (nSPS) is 13.8. The Morgan fingerprint density at radius 3 is 2.36 bits per heavy atom. The maximum absolute atomic E-state index is 12.9. The molecule has 1 aliphatic heterocycles. The monoisotopic (exact) mass is 435 g/mol. The Morgan fingerprint density at radius 1 is 0.879 bits per heavy atom. The van der Waals surface area contributed by atoms with Crippen molar-refractivity contribution in [3.05, 3.63) is 96.2 Å². The molecule has 7 heteroatoms. The van der Waals surface area contributed by atoms with Crippen molar-refractivity contribution in [1.82, 2.24) is 9.97 Å². The van der Waals surface area contributed by atoms with Crippen LogP contribution in [0.15, 0.2) is 85.1 Å². The highest BCUT2D eigenvalue weighted by Gasteiger charge is 2.28. The van der Waals surface area contributed by atoms with E-state index in [1.54, 1.807) is 6.20 Å². The van der Waals surface area contributed by atoms with Gasteiger partial charge in [0.15, 0.2) is 0 Å². The second-order valence-electron chi connectivity index (χ2n) is 7.63. The maximum atomic E-state index is 12.9. The van der Waals surface area contributed by atoms with Crippen LogP contribution in [0.1, 0.15) is 18.1 Å². The standard InChI is InChI=1S/C26H21N5O2/c1-16(32)28-26-27-15-22(31-26)17-11-13-19(14-12-17)29-24(18-7-3-2-4-8-18)23-20-9-5-6-10-21(20)30-25(23)33/h2-15,29H,1H3,(H,30,33)(H2,27,28,31,32). The predicted octanol–water partition coefficient (Wildman–Crippen LogP) is 4.97. The van der Waals surface area contributed by atoms with Crippen LogP contribution < -0.4 is 16.0 Å². The van der Waals surface area contributed by atoms with Crippen molar-refractivity contribution in [1.29, 1.82) is 0 Å². The van der Waals surface area contributed by atoms with Gasteiger partial charge in [0.1, 0.15) is 0 Å². The average Bonchev–Trinajstić information content (AvgIpc) is 3.41. The van der Waals surface area contributed by atoms with Crippen LogP contribution in [0.2, 0.25) is 0 Å². The molecule has 5 rings (SSSR count). The number of aromatic nitrogens is 2. The van der Waals surface area contributed by atoms with Crippen molar-refractivity contribution in [3.63, 3.8) is 0 Å². The van der Waals surface area contributed by atoms with Gasteiger partial charge in [-0.25, -0.2) is 4.98 Å². The molecule has 0 spiro atoms. The number of carbonyl (C=O) groups excluding carboxylic acids is 2. The Kier molecular flexibility index (Phi) is 5.20. The molecule has 0 saturated heterocycles. The molecule has 3 aromatic carbocycles. The second-order valence-corrected chi connectivity index (χ2v) is 7.63. The molecule has 0 saturated carbocycles. The zero-order valence-corrected chi connectivity index (χ0v) is 17.8. The van der Waals surface area contributed by atoms with E-state index in [4.69, 9.17) is 0 Å². The summed E-state index contributed by atoms with van der Waals surface area (Å²) in [6, 6.07) is 25.2. The van der Waals surface area contributed by atoms with Crippen LogP contribution in [-0.2, 0) is 9.59 Å². The number of rotatable bonds is 5. The van der Waals surface area contributed by atoms with Crippen molar-refractivity contribution < 1.29 is 9.59 Å². The van der Waals surface area contributed by atoms with E-state index in [0.717, 1.165) is 39.5 Å². The maximum Gasteiger partial charge on any atom is 0.258 e. The van der Waals surface area contributed by atoms with E-state index in [1.165, 1.54) is 6.92 Å². The van der Waals surface area contributed by atoms with Gasteiger partial charge in [0, 0.05) is 35.6 Å². The van der Waals surface area contributed by atoms with Crippen LogP contribution in [0.4, 0.5) is 17.3 Å². The van der Waals surface area contributed by atoms with Crippen molar-refractivity contribution in [3.8, 4) is 11.3 Å². The van der Waals surface area contributed by atoms with Gasteiger partial charge in [-0.05, 0) is 23.8 Å². The topological polar surface area (TPSA) is 98.9 Å². The summed E-state index contributed by atoms with van der Waals surface area (Å²) in [7, 11) is 0. The number of carbonyl (C=O) groups is 2. The Hall–Kier alpha value is -4.65. The number of fused-ring (bicyclic) bond motifs is 1. The van der Waals surface area contributed by atoms with E-state index in [0.29, 0.717) is 11.5 Å². The highest BCUT2D eigenvalue weighted by atomic mass is 16.2. The SMILES string of the molecule is CC(=O)Nc1nc(-c2ccc(NC(=C3C(=O)Nc4ccccc43)c3ccccc3)cc2)c[nH]1. The van der Waals surface area contributed by atoms with Gasteiger partial charge in [0.2, 0.25) is 11.9 Å². The van der Waals surface area contributed by atoms with E-state index in [-0.39, 0.29) is 11.8 Å². The zero-order chi connectivity index (χ0) is 22.8. The molecule has 0 unspecified atom stereocenters. The van der Waals surface area contributed by atoms with Crippen LogP contribution in [0.25, 0.3) is 22.5 Å². The third kappa shape index (κ3) is 4.12. The number of hydrogen-bond acceptors (Lipinski definition) is 4. The Balaban J connectivity index is 1.49. The third-order valence-corrected chi connectivity index (χ3v) is 5.31. The molecule has 0 fully saturated rings. The Bertz CT molecular complexity index is 1370. The van der Waals surface area contributed by atoms with Gasteiger partial charge in [0.05, 0.1) is 17.0 Å². The summed E-state index contributed by atoms with van der Waals surface area (Å²) in [5.41, 5.74) is 6.37. The van der Waals surface area contributed by atoms with E-state index in [9.17, 15) is 9.59 Å². The lowest BCUT2D eigenvalue weighted by Gasteiger charge is -2.15.